The second-order valence-electron chi connectivity index (χ2n) is 10.2. The number of nitrogens with one attached hydrogen (secondary N) is 4. The van der Waals surface area contributed by atoms with Crippen molar-refractivity contribution < 1.29 is 24.3 Å². The summed E-state index contributed by atoms with van der Waals surface area (Å²) in [5.74, 6) is -2.57. The number of carboxylic acid groups (broad SMARTS) is 1. The summed E-state index contributed by atoms with van der Waals surface area (Å²) in [5, 5.41) is 18.5. The van der Waals surface area contributed by atoms with Crippen LogP contribution in [0.15, 0.2) is 35.5 Å². The number of carbonyl (C=O) groups is 4. The standard InChI is InChI=1S/C28H45N9O5S/c1-43-14-11-22(27(41)42)36-25(39)21(10-6-13-33-28(31)32)35-26(40)23(37-24(38)19(30)8-4-5-12-29)15-17-16-34-20-9-3-2-7-18(17)20/h2-3,7,9,16,19,21-23,34H,4-6,8,10-15,29-30H2,1H3,(H,35,40)(H,36,39)(H,37,38)(H,41,42)(H4,31,32,33). The van der Waals surface area contributed by atoms with Gasteiger partial charge in [0.15, 0.2) is 5.96 Å². The lowest BCUT2D eigenvalue weighted by molar-refractivity contribution is -0.142. The molecule has 1 heterocycles. The van der Waals surface area contributed by atoms with Crippen molar-refractivity contribution in [3.8, 4) is 0 Å². The average molecular weight is 620 g/mol. The van der Waals surface area contributed by atoms with Crippen molar-refractivity contribution in [3.63, 3.8) is 0 Å². The molecule has 3 amide bonds. The third-order valence-electron chi connectivity index (χ3n) is 6.84. The number of H-pyrrole nitrogens is 1. The van der Waals surface area contributed by atoms with Gasteiger partial charge in [0.05, 0.1) is 6.04 Å². The summed E-state index contributed by atoms with van der Waals surface area (Å²) in [6.45, 7) is 0.677. The molecule has 0 aliphatic heterocycles. The Bertz CT molecular complexity index is 1230. The van der Waals surface area contributed by atoms with Crippen LogP contribution in [0, 0.1) is 0 Å². The molecular weight excluding hydrogens is 574 g/mol. The van der Waals surface area contributed by atoms with Gasteiger partial charge in [-0.25, -0.2) is 4.79 Å². The van der Waals surface area contributed by atoms with Gasteiger partial charge in [0.25, 0.3) is 0 Å². The molecule has 2 aromatic rings. The molecule has 0 bridgehead atoms. The average Bonchev–Trinajstić information content (AvgIpc) is 3.38. The number of para-hydroxylation sites is 1. The van der Waals surface area contributed by atoms with E-state index in [-0.39, 0.29) is 31.8 Å². The second-order valence-corrected chi connectivity index (χ2v) is 11.2. The fraction of sp³-hybridized carbons (Fsp3) is 0.536. The Kier molecular flexibility index (Phi) is 15.4. The minimum atomic E-state index is -1.18. The van der Waals surface area contributed by atoms with Crippen molar-refractivity contribution in [3.05, 3.63) is 36.0 Å². The van der Waals surface area contributed by atoms with E-state index < -0.39 is 47.9 Å². The molecule has 43 heavy (non-hydrogen) atoms. The molecule has 238 valence electrons. The number of aliphatic imine (C=N–C) groups is 1. The highest BCUT2D eigenvalue weighted by Crippen LogP contribution is 2.19. The maximum Gasteiger partial charge on any atom is 0.326 e. The van der Waals surface area contributed by atoms with Gasteiger partial charge in [-0.05, 0) is 62.3 Å². The van der Waals surface area contributed by atoms with Gasteiger partial charge in [-0.2, -0.15) is 11.8 Å². The normalized spacial score (nSPS) is 13.8. The zero-order valence-corrected chi connectivity index (χ0v) is 25.3. The van der Waals surface area contributed by atoms with Crippen LogP contribution in [0.1, 0.15) is 44.1 Å². The van der Waals surface area contributed by atoms with Crippen LogP contribution in [0.25, 0.3) is 10.9 Å². The predicted octanol–water partition coefficient (Wildman–Crippen LogP) is -0.488. The van der Waals surface area contributed by atoms with E-state index in [0.717, 1.165) is 16.5 Å². The number of aliphatic carboxylic acids is 1. The Morgan fingerprint density at radius 3 is 2.28 bits per heavy atom. The summed E-state index contributed by atoms with van der Waals surface area (Å²) >= 11 is 1.45. The molecule has 15 heteroatoms. The molecule has 0 aliphatic rings. The number of benzene rings is 1. The number of hydrogen-bond donors (Lipinski definition) is 9. The third kappa shape index (κ3) is 12.1. The van der Waals surface area contributed by atoms with E-state index in [1.807, 2.05) is 30.5 Å². The number of fused-ring (bicyclic) bond motifs is 1. The Morgan fingerprint density at radius 1 is 0.930 bits per heavy atom. The van der Waals surface area contributed by atoms with E-state index in [2.05, 4.69) is 25.9 Å². The van der Waals surface area contributed by atoms with Crippen LogP contribution in [0.5, 0.6) is 0 Å². The maximum absolute atomic E-state index is 13.7. The number of carboxylic acids is 1. The molecular formula is C28H45N9O5S. The lowest BCUT2D eigenvalue weighted by Crippen LogP contribution is -2.57. The Labute approximate surface area is 255 Å². The number of guanidine groups is 1. The van der Waals surface area contributed by atoms with E-state index >= 15 is 0 Å². The number of aromatic amines is 1. The fourth-order valence-corrected chi connectivity index (χ4v) is 4.93. The number of thioether (sulfide) groups is 1. The summed E-state index contributed by atoms with van der Waals surface area (Å²) in [5.41, 5.74) is 24.1. The topological polar surface area (TPSA) is 257 Å². The number of amides is 3. The van der Waals surface area contributed by atoms with Crippen molar-refractivity contribution in [2.75, 3.05) is 25.1 Å². The molecule has 4 unspecified atom stereocenters. The Balaban J connectivity index is 2.29. The monoisotopic (exact) mass is 619 g/mol. The summed E-state index contributed by atoms with van der Waals surface area (Å²) in [6, 6.07) is 3.37. The summed E-state index contributed by atoms with van der Waals surface area (Å²) in [6.07, 6.45) is 6.13. The molecule has 1 aromatic heterocycles. The molecule has 0 saturated heterocycles. The van der Waals surface area contributed by atoms with Crippen LogP contribution in [-0.4, -0.2) is 89.0 Å². The molecule has 13 N–H and O–H groups in total. The summed E-state index contributed by atoms with van der Waals surface area (Å²) in [7, 11) is 0. The zero-order chi connectivity index (χ0) is 31.8. The number of rotatable bonds is 20. The first-order chi connectivity index (χ1) is 20.6. The van der Waals surface area contributed by atoms with Crippen molar-refractivity contribution >= 4 is 52.3 Å². The van der Waals surface area contributed by atoms with Gasteiger partial charge in [0.1, 0.15) is 18.1 Å². The smallest absolute Gasteiger partial charge is 0.326 e. The first-order valence-corrected chi connectivity index (χ1v) is 15.7. The highest BCUT2D eigenvalue weighted by atomic mass is 32.2. The molecule has 2 rings (SSSR count). The SMILES string of the molecule is CSCCC(NC(=O)C(CCCN=C(N)N)NC(=O)C(Cc1c[nH]c2ccccc12)NC(=O)C(N)CCCCN)C(=O)O. The zero-order valence-electron chi connectivity index (χ0n) is 24.5. The van der Waals surface area contributed by atoms with Crippen LogP contribution in [0.3, 0.4) is 0 Å². The van der Waals surface area contributed by atoms with Gasteiger partial charge >= 0.3 is 5.97 Å². The predicted molar refractivity (Wildman–Crippen MR) is 169 cm³/mol. The van der Waals surface area contributed by atoms with E-state index in [1.165, 1.54) is 11.8 Å². The van der Waals surface area contributed by atoms with Crippen molar-refractivity contribution in [2.45, 2.75) is 69.1 Å². The molecule has 0 spiro atoms. The molecule has 0 saturated carbocycles. The van der Waals surface area contributed by atoms with Crippen LogP contribution >= 0.6 is 11.8 Å². The highest BCUT2D eigenvalue weighted by Gasteiger charge is 2.30. The highest BCUT2D eigenvalue weighted by molar-refractivity contribution is 7.98. The molecule has 1 aromatic carbocycles. The number of nitrogens with two attached hydrogens (primary N) is 4. The number of unbranched alkanes of at least 4 members (excludes halogenated alkanes) is 1. The summed E-state index contributed by atoms with van der Waals surface area (Å²) < 4.78 is 0. The maximum atomic E-state index is 13.7. The Morgan fingerprint density at radius 2 is 1.60 bits per heavy atom. The molecule has 0 radical (unpaired) electrons. The minimum absolute atomic E-state index is 0.114. The summed E-state index contributed by atoms with van der Waals surface area (Å²) in [4.78, 5) is 58.8. The van der Waals surface area contributed by atoms with E-state index in [1.54, 1.807) is 6.20 Å². The van der Waals surface area contributed by atoms with Crippen LogP contribution in [0.2, 0.25) is 0 Å². The lowest BCUT2D eigenvalue weighted by atomic mass is 10.0. The third-order valence-corrected chi connectivity index (χ3v) is 7.49. The first-order valence-electron chi connectivity index (χ1n) is 14.3. The van der Waals surface area contributed by atoms with Crippen molar-refractivity contribution in [1.29, 1.82) is 0 Å². The largest absolute Gasteiger partial charge is 0.480 e. The number of hydrogen-bond acceptors (Lipinski definition) is 8. The van der Waals surface area contributed by atoms with Gasteiger partial charge < -0.3 is 49.0 Å². The van der Waals surface area contributed by atoms with Gasteiger partial charge in [-0.3, -0.25) is 19.4 Å². The first kappa shape index (κ1) is 35.4. The lowest BCUT2D eigenvalue weighted by Gasteiger charge is -2.25. The van der Waals surface area contributed by atoms with Crippen LogP contribution in [-0.2, 0) is 25.6 Å². The quantitative estimate of drug-likeness (QED) is 0.0522. The van der Waals surface area contributed by atoms with Gasteiger partial charge in [-0.15, -0.1) is 0 Å². The molecule has 0 aliphatic carbocycles. The number of aromatic nitrogens is 1. The van der Waals surface area contributed by atoms with Gasteiger partial charge in [-0.1, -0.05) is 24.6 Å². The number of carbonyl (C=O) groups excluding carboxylic acids is 3. The minimum Gasteiger partial charge on any atom is -0.480 e. The van der Waals surface area contributed by atoms with E-state index in [0.29, 0.717) is 38.0 Å². The van der Waals surface area contributed by atoms with Gasteiger partial charge in [0.2, 0.25) is 17.7 Å². The molecule has 14 nitrogen and oxygen atoms in total. The van der Waals surface area contributed by atoms with Crippen LogP contribution in [0.4, 0.5) is 0 Å². The van der Waals surface area contributed by atoms with Crippen molar-refractivity contribution in [1.82, 2.24) is 20.9 Å². The second kappa shape index (κ2) is 18.7. The van der Waals surface area contributed by atoms with Crippen molar-refractivity contribution in [2.24, 2.45) is 27.9 Å². The fourth-order valence-electron chi connectivity index (χ4n) is 4.46. The van der Waals surface area contributed by atoms with E-state index in [9.17, 15) is 24.3 Å². The molecule has 0 fully saturated rings. The van der Waals surface area contributed by atoms with E-state index in [4.69, 9.17) is 22.9 Å². The molecule has 4 atom stereocenters. The Hall–Kier alpha value is -3.82. The van der Waals surface area contributed by atoms with Gasteiger partial charge in [0, 0.05) is 30.1 Å². The van der Waals surface area contributed by atoms with Crippen LogP contribution < -0.4 is 38.9 Å². The number of nitrogens with zero attached hydrogens (tertiary/aromatic N) is 1.